The number of benzene rings is 7. The van der Waals surface area contributed by atoms with Gasteiger partial charge in [0, 0.05) is 48.7 Å². The van der Waals surface area contributed by atoms with E-state index in [1.807, 2.05) is 48.5 Å². The third kappa shape index (κ3) is 3.48. The lowest BCUT2D eigenvalue weighted by Crippen LogP contribution is -2.10. The molecule has 5 heterocycles. The van der Waals surface area contributed by atoms with Crippen LogP contribution < -0.4 is 0 Å². The lowest BCUT2D eigenvalue weighted by Gasteiger charge is -2.13. The molecule has 7 aromatic carbocycles. The molecule has 12 rings (SSSR count). The summed E-state index contributed by atoms with van der Waals surface area (Å²) >= 11 is 0. The van der Waals surface area contributed by atoms with Gasteiger partial charge in [0.15, 0.2) is 5.82 Å². The SMILES string of the molecule is [2H]c1c([2H])c([2H])c2c(c1[2H])c1c([2H])c([2H])c([2H])c([2H])c1n2-c1nc(-c2cccc3c4cccc5c6ccccc6n(c23)c54)nc(-n2c3c([2H])c([2H])c([2H])c([2H])c3c3c([2H])c([2H])c([2H])c([2H])c32)n1. The van der Waals surface area contributed by atoms with Crippen LogP contribution in [0.1, 0.15) is 21.9 Å². The summed E-state index contributed by atoms with van der Waals surface area (Å²) in [6, 6.07) is 8.82. The Labute approximate surface area is 312 Å². The fourth-order valence-electron chi connectivity index (χ4n) is 7.57. The van der Waals surface area contributed by atoms with Crippen LogP contribution in [-0.4, -0.2) is 28.5 Å². The predicted octanol–water partition coefficient (Wildman–Crippen LogP) is 10.9. The largest absolute Gasteiger partial charge is 0.307 e. The van der Waals surface area contributed by atoms with E-state index in [9.17, 15) is 5.48 Å². The second kappa shape index (κ2) is 9.77. The van der Waals surface area contributed by atoms with E-state index in [1.165, 1.54) is 0 Å². The van der Waals surface area contributed by atoms with Crippen molar-refractivity contribution in [2.45, 2.75) is 0 Å². The molecule has 6 nitrogen and oxygen atoms in total. The maximum Gasteiger partial charge on any atom is 0.240 e. The molecule has 0 amide bonds. The van der Waals surface area contributed by atoms with E-state index in [0.717, 1.165) is 41.7 Å². The van der Waals surface area contributed by atoms with Gasteiger partial charge in [-0.05, 0) is 36.3 Å². The van der Waals surface area contributed by atoms with Crippen molar-refractivity contribution in [1.82, 2.24) is 28.5 Å². The Morgan fingerprint density at radius 2 is 0.804 bits per heavy atom. The van der Waals surface area contributed by atoms with E-state index < -0.39 is 109 Å². The molecule has 0 radical (unpaired) electrons. The summed E-state index contributed by atoms with van der Waals surface area (Å²) in [7, 11) is 0. The summed E-state index contributed by atoms with van der Waals surface area (Å²) < 4.78 is 147. The van der Waals surface area contributed by atoms with Gasteiger partial charge in [0.2, 0.25) is 11.9 Å². The summed E-state index contributed by atoms with van der Waals surface area (Å²) in [4.78, 5) is 14.8. The maximum absolute atomic E-state index is 9.24. The average molecular weight is 667 g/mol. The topological polar surface area (TPSA) is 52.9 Å². The van der Waals surface area contributed by atoms with Crippen molar-refractivity contribution in [2.75, 3.05) is 0 Å². The normalized spacial score (nSPS) is 16.7. The summed E-state index contributed by atoms with van der Waals surface area (Å²) in [6.45, 7) is 0. The predicted molar refractivity (Wildman–Crippen MR) is 209 cm³/mol. The fourth-order valence-corrected chi connectivity index (χ4v) is 7.57. The van der Waals surface area contributed by atoms with E-state index in [2.05, 4.69) is 4.40 Å². The number of hydrogen-bond acceptors (Lipinski definition) is 3. The third-order valence-electron chi connectivity index (χ3n) is 9.56. The van der Waals surface area contributed by atoms with Gasteiger partial charge >= 0.3 is 0 Å². The molecule has 0 spiro atoms. The van der Waals surface area contributed by atoms with Crippen molar-refractivity contribution < 1.29 is 21.9 Å². The number of fused-ring (bicyclic) bond motifs is 12. The molecule has 0 aliphatic carbocycles. The van der Waals surface area contributed by atoms with Gasteiger partial charge in [-0.3, -0.25) is 9.13 Å². The molecule has 0 aliphatic rings. The van der Waals surface area contributed by atoms with Gasteiger partial charge in [0.25, 0.3) is 0 Å². The zero-order valence-corrected chi connectivity index (χ0v) is 26.0. The standard InChI is InChI=1S/C45H26N6/c1-6-22-36-27(13-1)28-14-2-7-23-37(28)49(36)44-46-43(47-45(48-44)50-38-24-8-3-15-29(38)30-16-4-9-25-39(30)50)35-21-12-20-34-33-19-11-18-32-31-17-5-10-26-40(31)51(41(32)33)42(34)35/h1-26H/i1D,2D,3D,4D,6D,7D,8D,9D,13D,14D,15D,16D,22D,23D,24D,25D. The molecule has 5 aromatic heterocycles. The van der Waals surface area contributed by atoms with Gasteiger partial charge in [-0.25, -0.2) is 0 Å². The van der Waals surface area contributed by atoms with Crippen molar-refractivity contribution in [3.05, 3.63) is 157 Å². The van der Waals surface area contributed by atoms with Crippen molar-refractivity contribution in [1.29, 1.82) is 0 Å². The van der Waals surface area contributed by atoms with Crippen LogP contribution in [0.3, 0.4) is 0 Å². The highest BCUT2D eigenvalue weighted by Gasteiger charge is 2.24. The molecule has 6 heteroatoms. The lowest BCUT2D eigenvalue weighted by molar-refractivity contribution is 0.893. The first kappa shape index (κ1) is 16.1. The fraction of sp³-hybridized carbons (Fsp3) is 0. The number of para-hydroxylation sites is 7. The van der Waals surface area contributed by atoms with Gasteiger partial charge in [0.1, 0.15) is 0 Å². The second-order valence-electron chi connectivity index (χ2n) is 12.1. The Hall–Kier alpha value is -7.05. The van der Waals surface area contributed by atoms with E-state index in [1.54, 1.807) is 12.1 Å². The first-order chi connectivity index (χ1) is 32.0. The van der Waals surface area contributed by atoms with Crippen LogP contribution in [0.2, 0.25) is 0 Å². The number of rotatable bonds is 3. The number of hydrogen-bond donors (Lipinski definition) is 0. The highest BCUT2D eigenvalue weighted by molar-refractivity contribution is 6.25. The zero-order valence-electron chi connectivity index (χ0n) is 42.0. The van der Waals surface area contributed by atoms with E-state index in [4.69, 9.17) is 31.4 Å². The zero-order chi connectivity index (χ0) is 47.1. The van der Waals surface area contributed by atoms with E-state index in [0.29, 0.717) is 11.1 Å². The highest BCUT2D eigenvalue weighted by atomic mass is 15.3. The maximum atomic E-state index is 9.24. The molecule has 236 valence electrons. The summed E-state index contributed by atoms with van der Waals surface area (Å²) in [5.74, 6) is -1.03. The molecule has 51 heavy (non-hydrogen) atoms. The van der Waals surface area contributed by atoms with Crippen LogP contribution in [0.5, 0.6) is 0 Å². The van der Waals surface area contributed by atoms with Crippen molar-refractivity contribution in [3.63, 3.8) is 0 Å². The minimum atomic E-state index is -0.692. The van der Waals surface area contributed by atoms with Crippen molar-refractivity contribution in [3.8, 4) is 23.3 Å². The van der Waals surface area contributed by atoms with Gasteiger partial charge in [0.05, 0.1) is 60.5 Å². The van der Waals surface area contributed by atoms with Crippen LogP contribution in [-0.2, 0) is 0 Å². The Balaban J connectivity index is 1.35. The summed E-state index contributed by atoms with van der Waals surface area (Å²) in [6.07, 6.45) is 0. The summed E-state index contributed by atoms with van der Waals surface area (Å²) in [5, 5.41) is 2.58. The minimum Gasteiger partial charge on any atom is -0.307 e. The molecule has 12 aromatic rings. The molecular weight excluding hydrogens is 625 g/mol. The van der Waals surface area contributed by atoms with Crippen LogP contribution >= 0.6 is 0 Å². The molecule has 0 fully saturated rings. The highest BCUT2D eigenvalue weighted by Crippen LogP contribution is 2.42. The van der Waals surface area contributed by atoms with Gasteiger partial charge in [-0.15, -0.1) is 0 Å². The lowest BCUT2D eigenvalue weighted by atomic mass is 10.1. The van der Waals surface area contributed by atoms with Gasteiger partial charge in [-0.2, -0.15) is 15.0 Å². The second-order valence-corrected chi connectivity index (χ2v) is 12.1. The van der Waals surface area contributed by atoms with E-state index >= 15 is 0 Å². The molecule has 0 saturated heterocycles. The first-order valence-electron chi connectivity index (χ1n) is 23.9. The molecule has 0 bridgehead atoms. The third-order valence-corrected chi connectivity index (χ3v) is 9.56. The van der Waals surface area contributed by atoms with E-state index in [-0.39, 0.29) is 49.4 Å². The average Bonchev–Trinajstić information content (AvgIpc) is 4.09. The quantitative estimate of drug-likeness (QED) is 0.189. The minimum absolute atomic E-state index is 0.121. The first-order valence-corrected chi connectivity index (χ1v) is 15.9. The monoisotopic (exact) mass is 666 g/mol. The number of nitrogens with zero attached hydrogens (tertiary/aromatic N) is 6. The molecule has 0 unspecified atom stereocenters. The smallest absolute Gasteiger partial charge is 0.240 e. The Kier molecular flexibility index (Phi) is 3.09. The number of aromatic nitrogens is 6. The van der Waals surface area contributed by atoms with Crippen LogP contribution in [0.25, 0.3) is 105 Å². The molecule has 0 atom stereocenters. The van der Waals surface area contributed by atoms with Crippen molar-refractivity contribution in [2.24, 2.45) is 0 Å². The molecular formula is C45H26N6. The summed E-state index contributed by atoms with van der Waals surface area (Å²) in [5.41, 5.74) is 1.47. The molecule has 0 N–H and O–H groups in total. The van der Waals surface area contributed by atoms with Crippen LogP contribution in [0.15, 0.2) is 157 Å². The Morgan fingerprint density at radius 3 is 1.35 bits per heavy atom. The molecule has 0 saturated carbocycles. The van der Waals surface area contributed by atoms with Crippen molar-refractivity contribution >= 4 is 81.7 Å². The van der Waals surface area contributed by atoms with Crippen LogP contribution in [0, 0.1) is 0 Å². The van der Waals surface area contributed by atoms with Crippen LogP contribution in [0.4, 0.5) is 0 Å². The Bertz CT molecular complexity index is 3970. The Morgan fingerprint density at radius 1 is 0.373 bits per heavy atom. The van der Waals surface area contributed by atoms with Gasteiger partial charge < -0.3 is 4.40 Å². The van der Waals surface area contributed by atoms with Gasteiger partial charge in [-0.1, -0.05) is 121 Å². The molecule has 0 aliphatic heterocycles.